The van der Waals surface area contributed by atoms with E-state index in [1.165, 1.54) is 5.01 Å². The van der Waals surface area contributed by atoms with E-state index in [1.54, 1.807) is 11.3 Å². The van der Waals surface area contributed by atoms with Gasteiger partial charge in [0.2, 0.25) is 0 Å². The van der Waals surface area contributed by atoms with Crippen molar-refractivity contribution in [3.8, 4) is 0 Å². The lowest BCUT2D eigenvalue weighted by atomic mass is 9.90. The number of hydrogen-bond acceptors (Lipinski definition) is 4. The molecule has 1 aliphatic carbocycles. The van der Waals surface area contributed by atoms with E-state index in [0.29, 0.717) is 18.8 Å². The molecule has 1 aromatic rings. The summed E-state index contributed by atoms with van der Waals surface area (Å²) in [6, 6.07) is 0.362. The molecule has 0 aromatic carbocycles. The van der Waals surface area contributed by atoms with Gasteiger partial charge in [0.25, 0.3) is 0 Å². The van der Waals surface area contributed by atoms with Crippen molar-refractivity contribution in [2.45, 2.75) is 51.4 Å². The van der Waals surface area contributed by atoms with Crippen LogP contribution in [0.1, 0.15) is 36.9 Å². The third kappa shape index (κ3) is 3.00. The van der Waals surface area contributed by atoms with E-state index in [0.717, 1.165) is 31.4 Å². The Bertz CT molecular complexity index is 307. The van der Waals surface area contributed by atoms with Gasteiger partial charge in [0.05, 0.1) is 23.4 Å². The molecule has 4 heteroatoms. The fourth-order valence-corrected chi connectivity index (χ4v) is 2.57. The van der Waals surface area contributed by atoms with Gasteiger partial charge >= 0.3 is 0 Å². The minimum Gasteiger partial charge on any atom is -0.372 e. The maximum atomic E-state index is 5.69. The highest BCUT2D eigenvalue weighted by Gasteiger charge is 2.26. The van der Waals surface area contributed by atoms with Gasteiger partial charge < -0.3 is 10.5 Å². The summed E-state index contributed by atoms with van der Waals surface area (Å²) in [6.07, 6.45) is 4.62. The number of nitrogens with two attached hydrogens (primary N) is 1. The van der Waals surface area contributed by atoms with Crippen LogP contribution in [0, 0.1) is 0 Å². The number of nitrogens with zero attached hydrogens (tertiary/aromatic N) is 1. The maximum absolute atomic E-state index is 5.69. The fourth-order valence-electron chi connectivity index (χ4n) is 1.69. The van der Waals surface area contributed by atoms with E-state index in [9.17, 15) is 0 Å². The molecule has 0 radical (unpaired) electrons. The summed E-state index contributed by atoms with van der Waals surface area (Å²) in [7, 11) is 0. The van der Waals surface area contributed by atoms with Gasteiger partial charge in [-0.15, -0.1) is 11.3 Å². The minimum absolute atomic E-state index is 0.362. The van der Waals surface area contributed by atoms with Crippen molar-refractivity contribution in [1.29, 1.82) is 0 Å². The summed E-state index contributed by atoms with van der Waals surface area (Å²) in [5.74, 6) is 0. The number of rotatable bonds is 5. The van der Waals surface area contributed by atoms with Crippen LogP contribution in [-0.4, -0.2) is 17.1 Å². The van der Waals surface area contributed by atoms with E-state index < -0.39 is 0 Å². The molecule has 2 rings (SSSR count). The molecule has 1 aliphatic rings. The SMILES string of the molecule is CCCc1nc(COC2CC(N)C2)cs1. The fraction of sp³-hybridized carbons (Fsp3) is 0.727. The second kappa shape index (κ2) is 5.05. The molecule has 0 aliphatic heterocycles. The number of aryl methyl sites for hydroxylation is 1. The van der Waals surface area contributed by atoms with Gasteiger partial charge in [-0.05, 0) is 25.7 Å². The molecule has 1 saturated carbocycles. The number of aromatic nitrogens is 1. The lowest BCUT2D eigenvalue weighted by Gasteiger charge is -2.31. The molecule has 2 N–H and O–H groups in total. The Morgan fingerprint density at radius 2 is 2.40 bits per heavy atom. The highest BCUT2D eigenvalue weighted by atomic mass is 32.1. The van der Waals surface area contributed by atoms with Crippen LogP contribution in [0.5, 0.6) is 0 Å². The van der Waals surface area contributed by atoms with Crippen LogP contribution in [0.15, 0.2) is 5.38 Å². The Balaban J connectivity index is 1.73. The van der Waals surface area contributed by atoms with E-state index in [2.05, 4.69) is 17.3 Å². The van der Waals surface area contributed by atoms with E-state index >= 15 is 0 Å². The van der Waals surface area contributed by atoms with Crippen molar-refractivity contribution in [2.75, 3.05) is 0 Å². The van der Waals surface area contributed by atoms with Crippen LogP contribution in [0.4, 0.5) is 0 Å². The van der Waals surface area contributed by atoms with Gasteiger partial charge in [0, 0.05) is 11.4 Å². The van der Waals surface area contributed by atoms with Gasteiger partial charge in [0.1, 0.15) is 0 Å². The summed E-state index contributed by atoms with van der Waals surface area (Å²) in [6.45, 7) is 2.82. The van der Waals surface area contributed by atoms with Gasteiger partial charge in [-0.25, -0.2) is 4.98 Å². The van der Waals surface area contributed by atoms with Crippen LogP contribution in [0.3, 0.4) is 0 Å². The Kier molecular flexibility index (Phi) is 3.72. The average Bonchev–Trinajstić information content (AvgIpc) is 2.59. The van der Waals surface area contributed by atoms with E-state index in [-0.39, 0.29) is 0 Å². The number of hydrogen-bond donors (Lipinski definition) is 1. The molecule has 0 amide bonds. The largest absolute Gasteiger partial charge is 0.372 e. The second-order valence-corrected chi connectivity index (χ2v) is 5.09. The summed E-state index contributed by atoms with van der Waals surface area (Å²) < 4.78 is 5.69. The Morgan fingerprint density at radius 1 is 1.60 bits per heavy atom. The molecule has 0 atom stereocenters. The predicted octanol–water partition coefficient (Wildman–Crippen LogP) is 2.10. The van der Waals surface area contributed by atoms with E-state index in [4.69, 9.17) is 10.5 Å². The van der Waals surface area contributed by atoms with Crippen LogP contribution >= 0.6 is 11.3 Å². The number of thiazole rings is 1. The zero-order chi connectivity index (χ0) is 10.7. The molecule has 1 aromatic heterocycles. The first kappa shape index (κ1) is 11.0. The maximum Gasteiger partial charge on any atom is 0.0929 e. The molecule has 0 unspecified atom stereocenters. The standard InChI is InChI=1S/C11H18N2OS/c1-2-3-11-13-9(7-15-11)6-14-10-4-8(12)5-10/h7-8,10H,2-6,12H2,1H3. The third-order valence-corrected chi connectivity index (χ3v) is 3.62. The normalized spacial score (nSPS) is 25.2. The van der Waals surface area contributed by atoms with Crippen LogP contribution in [0.2, 0.25) is 0 Å². The van der Waals surface area contributed by atoms with Crippen LogP contribution in [-0.2, 0) is 17.8 Å². The first-order valence-electron chi connectivity index (χ1n) is 5.58. The Labute approximate surface area is 94.7 Å². The van der Waals surface area contributed by atoms with Crippen molar-refractivity contribution in [1.82, 2.24) is 4.98 Å². The molecular weight excluding hydrogens is 208 g/mol. The molecule has 3 nitrogen and oxygen atoms in total. The monoisotopic (exact) mass is 226 g/mol. The van der Waals surface area contributed by atoms with Gasteiger partial charge in [-0.3, -0.25) is 0 Å². The molecule has 0 spiro atoms. The quantitative estimate of drug-likeness (QED) is 0.836. The summed E-state index contributed by atoms with van der Waals surface area (Å²) >= 11 is 1.74. The first-order chi connectivity index (χ1) is 7.28. The Morgan fingerprint density at radius 3 is 3.07 bits per heavy atom. The lowest BCUT2D eigenvalue weighted by molar-refractivity contribution is -0.0200. The first-order valence-corrected chi connectivity index (χ1v) is 6.46. The van der Waals surface area contributed by atoms with Crippen LogP contribution < -0.4 is 5.73 Å². The molecule has 1 fully saturated rings. The van der Waals surface area contributed by atoms with Gasteiger partial charge in [-0.1, -0.05) is 6.92 Å². The average molecular weight is 226 g/mol. The minimum atomic E-state index is 0.362. The lowest BCUT2D eigenvalue weighted by Crippen LogP contribution is -2.41. The topological polar surface area (TPSA) is 48.1 Å². The zero-order valence-electron chi connectivity index (χ0n) is 9.11. The molecule has 15 heavy (non-hydrogen) atoms. The van der Waals surface area contributed by atoms with Crippen molar-refractivity contribution < 1.29 is 4.74 Å². The molecule has 0 saturated heterocycles. The highest BCUT2D eigenvalue weighted by molar-refractivity contribution is 7.09. The summed E-state index contributed by atoms with van der Waals surface area (Å²) in [4.78, 5) is 4.51. The van der Waals surface area contributed by atoms with Crippen LogP contribution in [0.25, 0.3) is 0 Å². The van der Waals surface area contributed by atoms with Crippen molar-refractivity contribution >= 4 is 11.3 Å². The third-order valence-electron chi connectivity index (χ3n) is 2.66. The Hall–Kier alpha value is -0.450. The second-order valence-electron chi connectivity index (χ2n) is 4.15. The van der Waals surface area contributed by atoms with Gasteiger partial charge in [-0.2, -0.15) is 0 Å². The number of ether oxygens (including phenoxy) is 1. The summed E-state index contributed by atoms with van der Waals surface area (Å²) in [5.41, 5.74) is 6.76. The molecule has 1 heterocycles. The predicted molar refractivity (Wildman–Crippen MR) is 61.9 cm³/mol. The summed E-state index contributed by atoms with van der Waals surface area (Å²) in [5, 5.41) is 3.32. The zero-order valence-corrected chi connectivity index (χ0v) is 9.93. The van der Waals surface area contributed by atoms with Crippen molar-refractivity contribution in [3.05, 3.63) is 16.1 Å². The van der Waals surface area contributed by atoms with E-state index in [1.807, 2.05) is 0 Å². The smallest absolute Gasteiger partial charge is 0.0929 e. The highest BCUT2D eigenvalue weighted by Crippen LogP contribution is 2.22. The molecule has 0 bridgehead atoms. The van der Waals surface area contributed by atoms with Crippen molar-refractivity contribution in [3.63, 3.8) is 0 Å². The van der Waals surface area contributed by atoms with Gasteiger partial charge in [0.15, 0.2) is 0 Å². The van der Waals surface area contributed by atoms with Crippen molar-refractivity contribution in [2.24, 2.45) is 5.73 Å². The molecule has 84 valence electrons. The molecular formula is C11H18N2OS.